The third-order valence-electron chi connectivity index (χ3n) is 3.27. The summed E-state index contributed by atoms with van der Waals surface area (Å²) in [5.41, 5.74) is -1.47. The van der Waals surface area contributed by atoms with E-state index in [1.807, 2.05) is 0 Å². The molecule has 0 bridgehead atoms. The summed E-state index contributed by atoms with van der Waals surface area (Å²) in [6, 6.07) is -2.07. The van der Waals surface area contributed by atoms with Crippen LogP contribution in [0.25, 0.3) is 0 Å². The molecule has 0 saturated carbocycles. The average Bonchev–Trinajstić information content (AvgIpc) is 2.47. The van der Waals surface area contributed by atoms with Gasteiger partial charge in [0.1, 0.15) is 0 Å². The molecule has 0 radical (unpaired) electrons. The van der Waals surface area contributed by atoms with E-state index in [2.05, 4.69) is 0 Å². The van der Waals surface area contributed by atoms with Gasteiger partial charge in [-0.25, -0.2) is 9.59 Å². The highest BCUT2D eigenvalue weighted by Crippen LogP contribution is 2.55. The first-order valence-electron chi connectivity index (χ1n) is 6.17. The number of rotatable bonds is 5. The molecule has 1 heterocycles. The van der Waals surface area contributed by atoms with Crippen LogP contribution in [0.3, 0.4) is 0 Å². The van der Waals surface area contributed by atoms with Crippen molar-refractivity contribution < 1.29 is 32.7 Å². The summed E-state index contributed by atoms with van der Waals surface area (Å²) in [6.07, 6.45) is 0. The number of hydrogen-bond acceptors (Lipinski definition) is 7. The maximum Gasteiger partial charge on any atom is 0.345 e. The Balaban J connectivity index is 3.36. The van der Waals surface area contributed by atoms with Gasteiger partial charge in [-0.15, -0.1) is 0 Å². The third-order valence-corrected chi connectivity index (χ3v) is 5.47. The minimum Gasteiger partial charge on any atom is -0.464 e. The second-order valence-electron chi connectivity index (χ2n) is 4.34. The molecular weight excluding hydrogens is 303 g/mol. The average molecular weight is 322 g/mol. The highest BCUT2D eigenvalue weighted by atomic mass is 31.2. The van der Waals surface area contributed by atoms with E-state index in [9.17, 15) is 18.9 Å². The van der Waals surface area contributed by atoms with Crippen molar-refractivity contribution in [1.82, 2.24) is 9.80 Å². The maximum absolute atomic E-state index is 12.6. The SMILES string of the molecule is CCOC(=O)C1C(P(=O)(OC)OC)C(=O)N(C)C(=O)N1C. The smallest absolute Gasteiger partial charge is 0.345 e. The normalized spacial score (nSPS) is 23.5. The molecule has 0 aromatic heterocycles. The topological polar surface area (TPSA) is 102 Å². The molecule has 2 unspecified atom stereocenters. The van der Waals surface area contributed by atoms with Crippen molar-refractivity contribution >= 4 is 25.5 Å². The van der Waals surface area contributed by atoms with Crippen LogP contribution in [-0.4, -0.2) is 74.3 Å². The zero-order chi connectivity index (χ0) is 16.4. The van der Waals surface area contributed by atoms with Gasteiger partial charge in [0, 0.05) is 28.3 Å². The molecule has 3 amide bonds. The lowest BCUT2D eigenvalue weighted by atomic mass is 10.1. The summed E-state index contributed by atoms with van der Waals surface area (Å²) in [4.78, 5) is 38.1. The van der Waals surface area contributed by atoms with Gasteiger partial charge in [0.05, 0.1) is 6.61 Å². The largest absolute Gasteiger partial charge is 0.464 e. The van der Waals surface area contributed by atoms with Crippen molar-refractivity contribution in [2.24, 2.45) is 0 Å². The molecule has 10 heteroatoms. The van der Waals surface area contributed by atoms with E-state index in [1.165, 1.54) is 14.1 Å². The summed E-state index contributed by atoms with van der Waals surface area (Å²) in [5.74, 6) is -1.66. The lowest BCUT2D eigenvalue weighted by Gasteiger charge is -2.41. The Morgan fingerprint density at radius 2 is 1.76 bits per heavy atom. The van der Waals surface area contributed by atoms with Crippen molar-refractivity contribution in [2.45, 2.75) is 18.6 Å². The minimum absolute atomic E-state index is 0.0539. The maximum atomic E-state index is 12.6. The summed E-state index contributed by atoms with van der Waals surface area (Å²) in [6.45, 7) is 1.64. The molecule has 0 spiro atoms. The molecule has 1 aliphatic heterocycles. The summed E-state index contributed by atoms with van der Waals surface area (Å²) < 4.78 is 27.1. The van der Waals surface area contributed by atoms with Crippen molar-refractivity contribution in [3.8, 4) is 0 Å². The second kappa shape index (κ2) is 6.55. The van der Waals surface area contributed by atoms with Crippen molar-refractivity contribution in [3.63, 3.8) is 0 Å². The number of likely N-dealkylation sites (N-methyl/N-ethyl adjacent to an activating group) is 1. The van der Waals surface area contributed by atoms with Crippen LogP contribution in [0, 0.1) is 0 Å². The fourth-order valence-corrected chi connectivity index (χ4v) is 3.83. The Kier molecular flexibility index (Phi) is 5.49. The zero-order valence-corrected chi connectivity index (χ0v) is 13.5. The standard InChI is InChI=1S/C11H19N2O7P/c1-6-20-10(15)7-8(21(17,18-4)19-5)9(14)13(3)11(16)12(7)2/h7-8H,6H2,1-5H3. The Labute approximate surface area is 122 Å². The van der Waals surface area contributed by atoms with Crippen LogP contribution < -0.4 is 0 Å². The van der Waals surface area contributed by atoms with Crippen LogP contribution in [0.4, 0.5) is 4.79 Å². The van der Waals surface area contributed by atoms with E-state index in [1.54, 1.807) is 6.92 Å². The molecule has 1 aliphatic rings. The summed E-state index contributed by atoms with van der Waals surface area (Å²) in [7, 11) is 0.824. The van der Waals surface area contributed by atoms with Crippen molar-refractivity contribution in [2.75, 3.05) is 34.9 Å². The number of hydrogen-bond donors (Lipinski definition) is 0. The van der Waals surface area contributed by atoms with Gasteiger partial charge in [-0.2, -0.15) is 0 Å². The van der Waals surface area contributed by atoms with Gasteiger partial charge < -0.3 is 18.7 Å². The van der Waals surface area contributed by atoms with E-state index in [0.29, 0.717) is 0 Å². The summed E-state index contributed by atoms with van der Waals surface area (Å²) in [5, 5.41) is 0. The van der Waals surface area contributed by atoms with Gasteiger partial charge in [-0.1, -0.05) is 0 Å². The Bertz CT molecular complexity index is 487. The molecule has 0 aliphatic carbocycles. The monoisotopic (exact) mass is 322 g/mol. The van der Waals surface area contributed by atoms with Crippen LogP contribution >= 0.6 is 7.60 Å². The van der Waals surface area contributed by atoms with E-state index in [-0.39, 0.29) is 6.61 Å². The van der Waals surface area contributed by atoms with Gasteiger partial charge in [-0.05, 0) is 6.92 Å². The molecule has 120 valence electrons. The highest BCUT2D eigenvalue weighted by Gasteiger charge is 2.57. The molecule has 1 rings (SSSR count). The lowest BCUT2D eigenvalue weighted by Crippen LogP contribution is -2.64. The Morgan fingerprint density at radius 1 is 1.24 bits per heavy atom. The van der Waals surface area contributed by atoms with Crippen molar-refractivity contribution in [1.29, 1.82) is 0 Å². The van der Waals surface area contributed by atoms with Crippen LogP contribution in [0.1, 0.15) is 6.92 Å². The van der Waals surface area contributed by atoms with Crippen LogP contribution in [-0.2, 0) is 27.9 Å². The minimum atomic E-state index is -3.93. The van der Waals surface area contributed by atoms with Crippen molar-refractivity contribution in [3.05, 3.63) is 0 Å². The van der Waals surface area contributed by atoms with Gasteiger partial charge in [0.2, 0.25) is 5.91 Å². The fraction of sp³-hybridized carbons (Fsp3) is 0.727. The number of carbonyl (C=O) groups is 3. The first kappa shape index (κ1) is 17.6. The number of ether oxygens (including phenoxy) is 1. The Hall–Kier alpha value is -1.44. The van der Waals surface area contributed by atoms with Gasteiger partial charge in [0.25, 0.3) is 0 Å². The lowest BCUT2D eigenvalue weighted by molar-refractivity contribution is -0.153. The predicted molar refractivity (Wildman–Crippen MR) is 71.8 cm³/mol. The molecule has 1 fully saturated rings. The highest BCUT2D eigenvalue weighted by molar-refractivity contribution is 7.55. The summed E-state index contributed by atoms with van der Waals surface area (Å²) >= 11 is 0. The molecule has 9 nitrogen and oxygen atoms in total. The van der Waals surface area contributed by atoms with E-state index in [0.717, 1.165) is 24.0 Å². The molecule has 0 aromatic carbocycles. The van der Waals surface area contributed by atoms with Crippen LogP contribution in [0.2, 0.25) is 0 Å². The van der Waals surface area contributed by atoms with Gasteiger partial charge in [0.15, 0.2) is 11.7 Å². The predicted octanol–water partition coefficient (Wildman–Crippen LogP) is 0.296. The quantitative estimate of drug-likeness (QED) is 0.529. The first-order chi connectivity index (χ1) is 9.75. The number of urea groups is 1. The number of imide groups is 1. The molecule has 0 N–H and O–H groups in total. The zero-order valence-electron chi connectivity index (χ0n) is 12.6. The number of nitrogens with zero attached hydrogens (tertiary/aromatic N) is 2. The second-order valence-corrected chi connectivity index (χ2v) is 6.70. The van der Waals surface area contributed by atoms with E-state index < -0.39 is 37.2 Å². The molecule has 1 saturated heterocycles. The van der Waals surface area contributed by atoms with E-state index in [4.69, 9.17) is 13.8 Å². The van der Waals surface area contributed by atoms with E-state index >= 15 is 0 Å². The molecule has 21 heavy (non-hydrogen) atoms. The third kappa shape index (κ3) is 2.95. The fourth-order valence-electron chi connectivity index (χ4n) is 2.12. The number of carbonyl (C=O) groups excluding carboxylic acids is 3. The molecule has 0 aromatic rings. The van der Waals surface area contributed by atoms with Gasteiger partial charge in [-0.3, -0.25) is 14.3 Å². The Morgan fingerprint density at radius 3 is 2.19 bits per heavy atom. The van der Waals surface area contributed by atoms with Gasteiger partial charge >= 0.3 is 19.6 Å². The molecular formula is C11H19N2O7P. The van der Waals surface area contributed by atoms with Crippen LogP contribution in [0.5, 0.6) is 0 Å². The number of esters is 1. The molecule has 2 atom stereocenters. The van der Waals surface area contributed by atoms with Crippen LogP contribution in [0.15, 0.2) is 0 Å². The first-order valence-corrected chi connectivity index (χ1v) is 7.78. The number of amides is 3.